The fourth-order valence-electron chi connectivity index (χ4n) is 6.71. The first kappa shape index (κ1) is 41.6. The van der Waals surface area contributed by atoms with E-state index >= 15 is 0 Å². The molecular formula is C46H48N6O7. The molecule has 59 heavy (non-hydrogen) atoms. The van der Waals surface area contributed by atoms with E-state index in [1.54, 1.807) is 0 Å². The summed E-state index contributed by atoms with van der Waals surface area (Å²) >= 11 is 0. The number of esters is 2. The maximum atomic E-state index is 12.5. The Hall–Kier alpha value is -7.02. The summed E-state index contributed by atoms with van der Waals surface area (Å²) in [6.07, 6.45) is 4.44. The number of nitrogens with two attached hydrogens (primary N) is 1. The molecule has 4 aromatic carbocycles. The Morgan fingerprint density at radius 1 is 0.678 bits per heavy atom. The van der Waals surface area contributed by atoms with E-state index in [1.807, 2.05) is 94.3 Å². The van der Waals surface area contributed by atoms with Crippen molar-refractivity contribution in [2.75, 3.05) is 24.3 Å². The number of carboxylic acids is 1. The van der Waals surface area contributed by atoms with Gasteiger partial charge in [0.15, 0.2) is 5.82 Å². The highest BCUT2D eigenvalue weighted by Crippen LogP contribution is 2.29. The van der Waals surface area contributed by atoms with Gasteiger partial charge in [-0.3, -0.25) is 19.2 Å². The molecule has 2 saturated heterocycles. The van der Waals surface area contributed by atoms with Gasteiger partial charge in [0.1, 0.15) is 24.9 Å². The molecule has 2 unspecified atom stereocenters. The first-order valence-corrected chi connectivity index (χ1v) is 19.7. The molecule has 304 valence electrons. The third-order valence-electron chi connectivity index (χ3n) is 9.65. The number of aliphatic carboxylic acids is 1. The van der Waals surface area contributed by atoms with Gasteiger partial charge in [0.2, 0.25) is 5.91 Å². The Morgan fingerprint density at radius 3 is 1.63 bits per heavy atom. The second kappa shape index (κ2) is 19.9. The largest absolute Gasteiger partial charge is 0.481 e. The predicted octanol–water partition coefficient (Wildman–Crippen LogP) is 7.70. The summed E-state index contributed by atoms with van der Waals surface area (Å²) in [4.78, 5) is 44.2. The van der Waals surface area contributed by atoms with Gasteiger partial charge >= 0.3 is 17.9 Å². The molecule has 6 aromatic rings. The Kier molecular flexibility index (Phi) is 14.0. The van der Waals surface area contributed by atoms with Crippen LogP contribution >= 0.6 is 0 Å². The first-order valence-electron chi connectivity index (χ1n) is 19.7. The molecule has 0 spiro atoms. The molecule has 2 fully saturated rings. The SMILES string of the molecule is CCCc1cccc(-c2cc(N)nn2-c2ccccc2)c1.CCCc1cccc(-c2cc(NC(=O)C3COC(=O)C3)nn2-c2ccccc2)c1.O=C1CC(C(=O)O)CO1. The maximum Gasteiger partial charge on any atom is 0.310 e. The van der Waals surface area contributed by atoms with Crippen molar-refractivity contribution in [1.29, 1.82) is 0 Å². The van der Waals surface area contributed by atoms with Crippen LogP contribution in [0.4, 0.5) is 11.6 Å². The summed E-state index contributed by atoms with van der Waals surface area (Å²) in [6, 6.07) is 40.6. The van der Waals surface area contributed by atoms with Crippen molar-refractivity contribution < 1.29 is 33.8 Å². The number of aromatic nitrogens is 4. The number of rotatable bonds is 11. The molecule has 0 radical (unpaired) electrons. The highest BCUT2D eigenvalue weighted by atomic mass is 16.5. The van der Waals surface area contributed by atoms with Crippen molar-refractivity contribution in [3.05, 3.63) is 132 Å². The minimum Gasteiger partial charge on any atom is -0.481 e. The van der Waals surface area contributed by atoms with E-state index in [9.17, 15) is 19.2 Å². The number of nitrogens with one attached hydrogen (secondary N) is 1. The summed E-state index contributed by atoms with van der Waals surface area (Å²) in [6.45, 7) is 4.51. The zero-order chi connectivity index (χ0) is 41.7. The number of nitrogen functional groups attached to an aromatic ring is 1. The standard InChI is InChI=1S/C23H23N3O3.C18H19N3.C5H6O4/c1-2-7-16-8-6-9-17(12-16)20-14-21(24-23(28)18-13-22(27)29-15-18)25-26(20)19-10-4-3-5-11-19;1-2-7-14-8-6-9-15(12-14)17-13-18(19)20-21(17)16-10-4-3-5-11-16;6-4-1-3(2-9-4)5(7)8/h3-6,8-12,14,18H,2,7,13,15H2,1H3,(H,24,25,28);3-6,8-13H,2,7H2,1H3,(H2,19,20);3H,1-2H2,(H,7,8). The van der Waals surface area contributed by atoms with Gasteiger partial charge in [0, 0.05) is 23.3 Å². The molecule has 1 amide bonds. The number of ether oxygens (including phenoxy) is 2. The molecule has 4 N–H and O–H groups in total. The van der Waals surface area contributed by atoms with Crippen molar-refractivity contribution in [2.24, 2.45) is 11.8 Å². The third-order valence-corrected chi connectivity index (χ3v) is 9.65. The van der Waals surface area contributed by atoms with Crippen LogP contribution in [0.15, 0.2) is 121 Å². The topological polar surface area (TPSA) is 181 Å². The quantitative estimate of drug-likeness (QED) is 0.110. The Balaban J connectivity index is 0.000000169. The first-order chi connectivity index (χ1) is 28.6. The van der Waals surface area contributed by atoms with E-state index in [-0.39, 0.29) is 37.9 Å². The average Bonchev–Trinajstić information content (AvgIpc) is 4.07. The van der Waals surface area contributed by atoms with Gasteiger partial charge in [-0.25, -0.2) is 9.36 Å². The van der Waals surface area contributed by atoms with Gasteiger partial charge in [-0.15, -0.1) is 5.10 Å². The van der Waals surface area contributed by atoms with E-state index in [0.717, 1.165) is 59.6 Å². The van der Waals surface area contributed by atoms with Gasteiger partial charge in [-0.1, -0.05) is 99.5 Å². The van der Waals surface area contributed by atoms with Crippen LogP contribution in [0.1, 0.15) is 50.7 Å². The minimum absolute atomic E-state index is 0.0231. The van der Waals surface area contributed by atoms with E-state index in [1.165, 1.54) is 11.1 Å². The van der Waals surface area contributed by atoms with Crippen LogP contribution in [-0.2, 0) is 41.5 Å². The van der Waals surface area contributed by atoms with E-state index in [0.29, 0.717) is 11.6 Å². The average molecular weight is 797 g/mol. The van der Waals surface area contributed by atoms with Crippen molar-refractivity contribution in [3.63, 3.8) is 0 Å². The normalized spacial score (nSPS) is 15.6. The second-order valence-corrected chi connectivity index (χ2v) is 14.3. The lowest BCUT2D eigenvalue weighted by Crippen LogP contribution is -2.23. The number of anilines is 2. The van der Waals surface area contributed by atoms with Crippen molar-refractivity contribution in [2.45, 2.75) is 52.4 Å². The summed E-state index contributed by atoms with van der Waals surface area (Å²) in [5, 5.41) is 20.2. The molecule has 2 aliphatic heterocycles. The van der Waals surface area contributed by atoms with E-state index in [2.05, 4.69) is 70.5 Å². The summed E-state index contributed by atoms with van der Waals surface area (Å²) in [5.41, 5.74) is 14.5. The van der Waals surface area contributed by atoms with Crippen molar-refractivity contribution in [3.8, 4) is 33.9 Å². The van der Waals surface area contributed by atoms with Crippen molar-refractivity contribution >= 4 is 35.5 Å². The minimum atomic E-state index is -0.958. The number of hydrogen-bond donors (Lipinski definition) is 3. The Bertz CT molecular complexity index is 2370. The van der Waals surface area contributed by atoms with Gasteiger partial charge < -0.3 is 25.6 Å². The lowest BCUT2D eigenvalue weighted by atomic mass is 10.0. The zero-order valence-corrected chi connectivity index (χ0v) is 33.1. The number of carbonyl (C=O) groups excluding carboxylic acids is 3. The summed E-state index contributed by atoms with van der Waals surface area (Å²) in [7, 11) is 0. The number of carboxylic acid groups (broad SMARTS) is 1. The molecular weight excluding hydrogens is 749 g/mol. The van der Waals surface area contributed by atoms with E-state index in [4.69, 9.17) is 15.6 Å². The van der Waals surface area contributed by atoms with Crippen LogP contribution in [0.3, 0.4) is 0 Å². The van der Waals surface area contributed by atoms with Crippen LogP contribution in [-0.4, -0.2) is 61.7 Å². The molecule has 0 aliphatic carbocycles. The van der Waals surface area contributed by atoms with Gasteiger partial charge in [0.05, 0.1) is 41.5 Å². The number of cyclic esters (lactones) is 2. The number of para-hydroxylation sites is 2. The molecule has 4 heterocycles. The number of carbonyl (C=O) groups is 4. The smallest absolute Gasteiger partial charge is 0.310 e. The van der Waals surface area contributed by atoms with Gasteiger partial charge in [-0.2, -0.15) is 5.10 Å². The van der Waals surface area contributed by atoms with E-state index < -0.39 is 23.8 Å². The monoisotopic (exact) mass is 796 g/mol. The molecule has 2 aliphatic rings. The molecule has 0 saturated carbocycles. The summed E-state index contributed by atoms with van der Waals surface area (Å²) in [5.74, 6) is -2.06. The molecule has 2 atom stereocenters. The van der Waals surface area contributed by atoms with Crippen LogP contribution < -0.4 is 11.1 Å². The van der Waals surface area contributed by atoms with Gasteiger partial charge in [0.25, 0.3) is 0 Å². The number of amides is 1. The van der Waals surface area contributed by atoms with Crippen LogP contribution in [0, 0.1) is 11.8 Å². The number of hydrogen-bond acceptors (Lipinski definition) is 9. The molecule has 8 rings (SSSR count). The number of aryl methyl sites for hydroxylation is 2. The maximum absolute atomic E-state index is 12.5. The molecule has 13 heteroatoms. The summed E-state index contributed by atoms with van der Waals surface area (Å²) < 4.78 is 13.0. The lowest BCUT2D eigenvalue weighted by molar-refractivity contribution is -0.141. The lowest BCUT2D eigenvalue weighted by Gasteiger charge is -2.08. The van der Waals surface area contributed by atoms with Crippen LogP contribution in [0.25, 0.3) is 33.9 Å². The van der Waals surface area contributed by atoms with Crippen LogP contribution in [0.5, 0.6) is 0 Å². The molecule has 0 bridgehead atoms. The zero-order valence-electron chi connectivity index (χ0n) is 33.1. The van der Waals surface area contributed by atoms with Crippen molar-refractivity contribution in [1.82, 2.24) is 19.6 Å². The Morgan fingerprint density at radius 2 is 1.17 bits per heavy atom. The fraction of sp³-hybridized carbons (Fsp3) is 0.261. The molecule has 2 aromatic heterocycles. The number of nitrogens with zero attached hydrogens (tertiary/aromatic N) is 4. The predicted molar refractivity (Wildman–Crippen MR) is 225 cm³/mol. The second-order valence-electron chi connectivity index (χ2n) is 14.3. The van der Waals surface area contributed by atoms with Crippen LogP contribution in [0.2, 0.25) is 0 Å². The highest BCUT2D eigenvalue weighted by molar-refractivity contribution is 5.95. The number of benzene rings is 4. The fourth-order valence-corrected chi connectivity index (χ4v) is 6.71. The molecule has 13 nitrogen and oxygen atoms in total. The Labute approximate surface area is 342 Å². The third kappa shape index (κ3) is 11.1. The highest BCUT2D eigenvalue weighted by Gasteiger charge is 2.31. The van der Waals surface area contributed by atoms with Gasteiger partial charge in [-0.05, 0) is 60.4 Å².